The molecule has 2 fully saturated rings. The number of piperidine rings is 1. The molecule has 0 aliphatic carbocycles. The molecule has 1 aromatic heterocycles. The number of β-amino-alcohol motifs (C(OH)–C–C–N with tert-alkyl or cyclic N) is 1. The van der Waals surface area contributed by atoms with Crippen molar-refractivity contribution in [3.8, 4) is 0 Å². The second-order valence-electron chi connectivity index (χ2n) is 7.48. The minimum atomic E-state index is -0.582. The van der Waals surface area contributed by atoms with Crippen molar-refractivity contribution < 1.29 is 5.11 Å². The van der Waals surface area contributed by atoms with Gasteiger partial charge in [0.05, 0.1) is 10.6 Å². The van der Waals surface area contributed by atoms with Crippen LogP contribution in [0.15, 0.2) is 24.3 Å². The SMILES string of the molecule is O[C@@]1(CN2CCCC2)CCCN(Cc2[nH]c3ccccc3c2Cl)C1. The molecule has 1 aromatic carbocycles. The van der Waals surface area contributed by atoms with Gasteiger partial charge < -0.3 is 15.0 Å². The molecule has 0 radical (unpaired) electrons. The van der Waals surface area contributed by atoms with E-state index in [0.29, 0.717) is 0 Å². The van der Waals surface area contributed by atoms with Crippen molar-refractivity contribution in [2.75, 3.05) is 32.7 Å². The Kier molecular flexibility index (Phi) is 4.56. The third kappa shape index (κ3) is 3.33. The molecule has 2 saturated heterocycles. The lowest BCUT2D eigenvalue weighted by Crippen LogP contribution is -2.53. The summed E-state index contributed by atoms with van der Waals surface area (Å²) >= 11 is 6.56. The Labute approximate surface area is 148 Å². The van der Waals surface area contributed by atoms with Crippen LogP contribution in [-0.4, -0.2) is 58.2 Å². The molecule has 2 aliphatic rings. The molecule has 0 spiro atoms. The monoisotopic (exact) mass is 347 g/mol. The Morgan fingerprint density at radius 3 is 2.62 bits per heavy atom. The summed E-state index contributed by atoms with van der Waals surface area (Å²) in [4.78, 5) is 8.21. The highest BCUT2D eigenvalue weighted by Gasteiger charge is 2.35. The Morgan fingerprint density at radius 2 is 1.83 bits per heavy atom. The van der Waals surface area contributed by atoms with Gasteiger partial charge in [0.1, 0.15) is 0 Å². The van der Waals surface area contributed by atoms with Crippen LogP contribution in [-0.2, 0) is 6.54 Å². The van der Waals surface area contributed by atoms with Gasteiger partial charge in [-0.3, -0.25) is 4.90 Å². The van der Waals surface area contributed by atoms with Crippen LogP contribution in [0.5, 0.6) is 0 Å². The number of para-hydroxylation sites is 1. The van der Waals surface area contributed by atoms with Gasteiger partial charge >= 0.3 is 0 Å². The number of likely N-dealkylation sites (tertiary alicyclic amines) is 2. The quantitative estimate of drug-likeness (QED) is 0.892. The van der Waals surface area contributed by atoms with Gasteiger partial charge in [0, 0.05) is 36.2 Å². The average molecular weight is 348 g/mol. The predicted octanol–water partition coefficient (Wildman–Crippen LogP) is 3.24. The van der Waals surface area contributed by atoms with Crippen LogP contribution >= 0.6 is 11.6 Å². The third-order valence-electron chi connectivity index (χ3n) is 5.45. The van der Waals surface area contributed by atoms with Crippen LogP contribution in [0, 0.1) is 0 Å². The number of aromatic amines is 1. The number of nitrogens with zero attached hydrogens (tertiary/aromatic N) is 2. The van der Waals surface area contributed by atoms with E-state index in [1.807, 2.05) is 12.1 Å². The predicted molar refractivity (Wildman–Crippen MR) is 98.4 cm³/mol. The van der Waals surface area contributed by atoms with Crippen LogP contribution in [0.4, 0.5) is 0 Å². The van der Waals surface area contributed by atoms with Crippen molar-refractivity contribution in [1.29, 1.82) is 0 Å². The fourth-order valence-corrected chi connectivity index (χ4v) is 4.59. The van der Waals surface area contributed by atoms with Gasteiger partial charge in [-0.2, -0.15) is 0 Å². The lowest BCUT2D eigenvalue weighted by atomic mass is 9.92. The number of aliphatic hydroxyl groups is 1. The maximum absolute atomic E-state index is 11.1. The molecule has 0 unspecified atom stereocenters. The van der Waals surface area contributed by atoms with Crippen molar-refractivity contribution in [1.82, 2.24) is 14.8 Å². The van der Waals surface area contributed by atoms with Gasteiger partial charge in [-0.25, -0.2) is 0 Å². The highest BCUT2D eigenvalue weighted by molar-refractivity contribution is 6.36. The van der Waals surface area contributed by atoms with Crippen LogP contribution in [0.2, 0.25) is 5.02 Å². The molecule has 3 heterocycles. The van der Waals surface area contributed by atoms with E-state index in [2.05, 4.69) is 26.9 Å². The summed E-state index contributed by atoms with van der Waals surface area (Å²) in [5.74, 6) is 0. The van der Waals surface area contributed by atoms with E-state index in [4.69, 9.17) is 11.6 Å². The topological polar surface area (TPSA) is 42.5 Å². The van der Waals surface area contributed by atoms with E-state index in [9.17, 15) is 5.11 Å². The number of hydrogen-bond acceptors (Lipinski definition) is 3. The van der Waals surface area contributed by atoms with E-state index in [1.165, 1.54) is 12.8 Å². The molecule has 5 heteroatoms. The lowest BCUT2D eigenvalue weighted by molar-refractivity contribution is -0.0521. The molecule has 2 N–H and O–H groups in total. The van der Waals surface area contributed by atoms with E-state index < -0.39 is 5.60 Å². The third-order valence-corrected chi connectivity index (χ3v) is 5.88. The number of fused-ring (bicyclic) bond motifs is 1. The van der Waals surface area contributed by atoms with E-state index in [-0.39, 0.29) is 0 Å². The first-order valence-corrected chi connectivity index (χ1v) is 9.43. The summed E-state index contributed by atoms with van der Waals surface area (Å²) in [6, 6.07) is 8.15. The van der Waals surface area contributed by atoms with E-state index in [0.717, 1.165) is 73.7 Å². The molecule has 4 nitrogen and oxygen atoms in total. The first kappa shape index (κ1) is 16.4. The van der Waals surface area contributed by atoms with Crippen LogP contribution in [0.25, 0.3) is 10.9 Å². The second-order valence-corrected chi connectivity index (χ2v) is 7.86. The lowest BCUT2D eigenvalue weighted by Gasteiger charge is -2.41. The van der Waals surface area contributed by atoms with Crippen molar-refractivity contribution in [3.63, 3.8) is 0 Å². The molecule has 0 bridgehead atoms. The molecular weight excluding hydrogens is 322 g/mol. The molecule has 2 aliphatic heterocycles. The zero-order chi connectivity index (χ0) is 16.6. The number of nitrogens with one attached hydrogen (secondary N) is 1. The number of H-pyrrole nitrogens is 1. The van der Waals surface area contributed by atoms with Crippen molar-refractivity contribution >= 4 is 22.5 Å². The molecule has 4 rings (SSSR count). The second kappa shape index (κ2) is 6.68. The first-order valence-electron chi connectivity index (χ1n) is 9.05. The first-order chi connectivity index (χ1) is 11.6. The van der Waals surface area contributed by atoms with Gasteiger partial charge in [0.25, 0.3) is 0 Å². The molecule has 24 heavy (non-hydrogen) atoms. The fourth-order valence-electron chi connectivity index (χ4n) is 4.32. The minimum Gasteiger partial charge on any atom is -0.387 e. The fraction of sp³-hybridized carbons (Fsp3) is 0.579. The Hall–Kier alpha value is -1.07. The summed E-state index contributed by atoms with van der Waals surface area (Å²) in [7, 11) is 0. The highest BCUT2D eigenvalue weighted by atomic mass is 35.5. The van der Waals surface area contributed by atoms with Gasteiger partial charge in [-0.15, -0.1) is 0 Å². The Morgan fingerprint density at radius 1 is 1.08 bits per heavy atom. The summed E-state index contributed by atoms with van der Waals surface area (Å²) in [5.41, 5.74) is 1.56. The normalized spacial score (nSPS) is 26.4. The van der Waals surface area contributed by atoms with E-state index >= 15 is 0 Å². The van der Waals surface area contributed by atoms with Gasteiger partial charge in [-0.05, 0) is 51.4 Å². The molecule has 0 amide bonds. The Balaban J connectivity index is 1.46. The maximum atomic E-state index is 11.1. The smallest absolute Gasteiger partial charge is 0.0900 e. The van der Waals surface area contributed by atoms with Crippen LogP contribution in [0.1, 0.15) is 31.4 Å². The van der Waals surface area contributed by atoms with Crippen molar-refractivity contribution in [2.45, 2.75) is 37.8 Å². The number of benzene rings is 1. The summed E-state index contributed by atoms with van der Waals surface area (Å²) in [5, 5.41) is 13.0. The zero-order valence-corrected chi connectivity index (χ0v) is 14.9. The van der Waals surface area contributed by atoms with Gasteiger partial charge in [-0.1, -0.05) is 29.8 Å². The molecule has 130 valence electrons. The maximum Gasteiger partial charge on any atom is 0.0900 e. The van der Waals surface area contributed by atoms with Crippen molar-refractivity contribution in [3.05, 3.63) is 35.0 Å². The molecule has 0 saturated carbocycles. The summed E-state index contributed by atoms with van der Waals surface area (Å²) in [6.07, 6.45) is 4.48. The number of aromatic nitrogens is 1. The Bertz CT molecular complexity index is 710. The summed E-state index contributed by atoms with van der Waals surface area (Å²) < 4.78 is 0. The molecule has 2 aromatic rings. The minimum absolute atomic E-state index is 0.582. The zero-order valence-electron chi connectivity index (χ0n) is 14.1. The number of halogens is 1. The number of rotatable bonds is 4. The summed E-state index contributed by atoms with van der Waals surface area (Å²) in [6.45, 7) is 5.61. The van der Waals surface area contributed by atoms with Gasteiger partial charge in [0.15, 0.2) is 0 Å². The largest absolute Gasteiger partial charge is 0.387 e. The van der Waals surface area contributed by atoms with Crippen molar-refractivity contribution in [2.24, 2.45) is 0 Å². The van der Waals surface area contributed by atoms with Crippen LogP contribution < -0.4 is 0 Å². The van der Waals surface area contributed by atoms with Gasteiger partial charge in [0.2, 0.25) is 0 Å². The van der Waals surface area contributed by atoms with Crippen LogP contribution in [0.3, 0.4) is 0 Å². The average Bonchev–Trinajstić information content (AvgIpc) is 3.16. The standard InChI is InChI=1S/C19H26ClN3O/c20-18-15-6-1-2-7-16(15)21-17(18)12-23-11-5-8-19(24,14-23)13-22-9-3-4-10-22/h1-2,6-7,21,24H,3-5,8-14H2/t19-/m1/s1. The van der Waals surface area contributed by atoms with E-state index in [1.54, 1.807) is 0 Å². The molecular formula is C19H26ClN3O. The molecule has 1 atom stereocenters. The number of hydrogen-bond donors (Lipinski definition) is 2. The highest BCUT2D eigenvalue weighted by Crippen LogP contribution is 2.30.